The van der Waals surface area contributed by atoms with Crippen molar-refractivity contribution in [1.29, 1.82) is 0 Å². The molecular weight excluding hydrogens is 190 g/mol. The van der Waals surface area contributed by atoms with Crippen molar-refractivity contribution in [1.82, 2.24) is 4.90 Å². The summed E-state index contributed by atoms with van der Waals surface area (Å²) >= 11 is 6.09. The summed E-state index contributed by atoms with van der Waals surface area (Å²) in [6.07, 6.45) is 0. The Morgan fingerprint density at radius 1 is 1.67 bits per heavy atom. The van der Waals surface area contributed by atoms with Gasteiger partial charge in [0.25, 0.3) is 0 Å². The summed E-state index contributed by atoms with van der Waals surface area (Å²) in [5.74, 6) is 1.68. The van der Waals surface area contributed by atoms with E-state index in [1.807, 2.05) is 4.90 Å². The van der Waals surface area contributed by atoms with E-state index in [1.165, 1.54) is 0 Å². The van der Waals surface area contributed by atoms with E-state index in [4.69, 9.17) is 0 Å². The van der Waals surface area contributed by atoms with Crippen molar-refractivity contribution >= 4 is 30.3 Å². The van der Waals surface area contributed by atoms with Crippen LogP contribution < -0.4 is 0 Å². The Hall–Kier alpha value is 0.170. The average molecular weight is 205 g/mol. The van der Waals surface area contributed by atoms with Gasteiger partial charge in [0.05, 0.1) is 0 Å². The lowest BCUT2D eigenvalue weighted by atomic mass is 10.1. The lowest BCUT2D eigenvalue weighted by Gasteiger charge is -2.28. The van der Waals surface area contributed by atoms with Crippen LogP contribution in [0.1, 0.15) is 20.8 Å². The Balaban J connectivity index is 2.70. The van der Waals surface area contributed by atoms with Gasteiger partial charge in [0.1, 0.15) is 4.71 Å². The summed E-state index contributed by atoms with van der Waals surface area (Å²) in [5, 5.41) is 0. The molecule has 0 spiro atoms. The number of amides is 1. The third kappa shape index (κ3) is 1.91. The number of thioether (sulfide) groups is 1. The molecule has 0 aromatic carbocycles. The molecule has 2 atom stereocenters. The van der Waals surface area contributed by atoms with Gasteiger partial charge in [-0.2, -0.15) is 0 Å². The maximum Gasteiger partial charge on any atom is 0.221 e. The van der Waals surface area contributed by atoms with Crippen molar-refractivity contribution in [2.45, 2.75) is 31.5 Å². The number of hydrogen-bond donors (Lipinski definition) is 1. The zero-order chi connectivity index (χ0) is 9.30. The predicted octanol–water partition coefficient (Wildman–Crippen LogP) is 1.82. The normalized spacial score (nSPS) is 29.9. The molecule has 1 amide bonds. The Labute approximate surface area is 83.5 Å². The van der Waals surface area contributed by atoms with E-state index in [-0.39, 0.29) is 10.6 Å². The molecule has 1 saturated heterocycles. The Kier molecular flexibility index (Phi) is 3.35. The molecule has 0 aromatic rings. The van der Waals surface area contributed by atoms with Crippen molar-refractivity contribution in [3.63, 3.8) is 0 Å². The molecule has 70 valence electrons. The predicted molar refractivity (Wildman–Crippen MR) is 56.4 cm³/mol. The minimum atomic E-state index is 0.0647. The quantitative estimate of drug-likeness (QED) is 0.659. The SMILES string of the molecule is CC(=O)N1[C@H](S)SC[C@H]1C(C)C. The number of nitrogens with zero attached hydrogens (tertiary/aromatic N) is 1. The van der Waals surface area contributed by atoms with Gasteiger partial charge in [-0.15, -0.1) is 24.4 Å². The lowest BCUT2D eigenvalue weighted by Crippen LogP contribution is -2.41. The Bertz CT molecular complexity index is 184. The summed E-state index contributed by atoms with van der Waals surface area (Å²) in [7, 11) is 0. The first-order chi connectivity index (χ1) is 5.54. The molecule has 0 radical (unpaired) electrons. The molecule has 12 heavy (non-hydrogen) atoms. The highest BCUT2D eigenvalue weighted by Gasteiger charge is 2.35. The number of carbonyl (C=O) groups excluding carboxylic acids is 1. The van der Waals surface area contributed by atoms with Crippen molar-refractivity contribution < 1.29 is 4.79 Å². The van der Waals surface area contributed by atoms with E-state index in [0.717, 1.165) is 5.75 Å². The van der Waals surface area contributed by atoms with E-state index in [1.54, 1.807) is 18.7 Å². The molecule has 2 nitrogen and oxygen atoms in total. The fourth-order valence-corrected chi connectivity index (χ4v) is 3.38. The fourth-order valence-electron chi connectivity index (χ4n) is 1.41. The highest BCUT2D eigenvalue weighted by molar-refractivity contribution is 8.10. The number of hydrogen-bond acceptors (Lipinski definition) is 3. The third-order valence-electron chi connectivity index (χ3n) is 2.14. The molecule has 1 rings (SSSR count). The van der Waals surface area contributed by atoms with E-state index >= 15 is 0 Å². The molecule has 1 aliphatic heterocycles. The second kappa shape index (κ2) is 3.92. The molecule has 0 N–H and O–H groups in total. The van der Waals surface area contributed by atoms with Gasteiger partial charge in [-0.25, -0.2) is 0 Å². The van der Waals surface area contributed by atoms with Crippen LogP contribution in [-0.2, 0) is 4.79 Å². The van der Waals surface area contributed by atoms with Gasteiger partial charge in [-0.1, -0.05) is 13.8 Å². The Morgan fingerprint density at radius 3 is 2.58 bits per heavy atom. The summed E-state index contributed by atoms with van der Waals surface area (Å²) in [4.78, 5) is 13.1. The largest absolute Gasteiger partial charge is 0.318 e. The topological polar surface area (TPSA) is 20.3 Å². The van der Waals surface area contributed by atoms with Gasteiger partial charge in [0.15, 0.2) is 0 Å². The summed E-state index contributed by atoms with van der Waals surface area (Å²) in [6.45, 7) is 5.91. The monoisotopic (exact) mass is 205 g/mol. The van der Waals surface area contributed by atoms with Crippen LogP contribution in [0.25, 0.3) is 0 Å². The number of thiol groups is 1. The zero-order valence-corrected chi connectivity index (χ0v) is 9.36. The first-order valence-electron chi connectivity index (χ1n) is 4.12. The van der Waals surface area contributed by atoms with E-state index < -0.39 is 0 Å². The van der Waals surface area contributed by atoms with Crippen LogP contribution in [0.4, 0.5) is 0 Å². The molecule has 0 bridgehead atoms. The zero-order valence-electron chi connectivity index (χ0n) is 7.65. The molecule has 0 aliphatic carbocycles. The van der Waals surface area contributed by atoms with Crippen LogP contribution in [0.5, 0.6) is 0 Å². The van der Waals surface area contributed by atoms with Gasteiger partial charge in [-0.3, -0.25) is 4.79 Å². The van der Waals surface area contributed by atoms with Crippen molar-refractivity contribution in [3.05, 3.63) is 0 Å². The van der Waals surface area contributed by atoms with Crippen molar-refractivity contribution in [2.75, 3.05) is 5.75 Å². The minimum Gasteiger partial charge on any atom is -0.318 e. The van der Waals surface area contributed by atoms with Crippen LogP contribution in [0.2, 0.25) is 0 Å². The Morgan fingerprint density at radius 2 is 2.25 bits per heavy atom. The van der Waals surface area contributed by atoms with E-state index in [2.05, 4.69) is 26.5 Å². The second-order valence-electron chi connectivity index (χ2n) is 3.40. The average Bonchev–Trinajstić information content (AvgIpc) is 2.30. The standard InChI is InChI=1S/C8H15NOS2/c1-5(2)7-4-12-8(11)9(7)6(3)10/h5,7-8,11H,4H2,1-3H3/t7-,8+/m0/s1. The number of carbonyl (C=O) groups is 1. The van der Waals surface area contributed by atoms with Crippen molar-refractivity contribution in [3.8, 4) is 0 Å². The van der Waals surface area contributed by atoms with Gasteiger partial charge in [-0.05, 0) is 5.92 Å². The molecule has 0 aromatic heterocycles. The first kappa shape index (κ1) is 10.3. The number of rotatable bonds is 1. The molecule has 0 saturated carbocycles. The molecule has 1 heterocycles. The fraction of sp³-hybridized carbons (Fsp3) is 0.875. The van der Waals surface area contributed by atoms with Gasteiger partial charge in [0.2, 0.25) is 5.91 Å². The van der Waals surface area contributed by atoms with Gasteiger partial charge in [0, 0.05) is 18.7 Å². The minimum absolute atomic E-state index is 0.0647. The maximum absolute atomic E-state index is 11.2. The molecule has 4 heteroatoms. The highest BCUT2D eigenvalue weighted by Crippen LogP contribution is 2.34. The van der Waals surface area contributed by atoms with Gasteiger partial charge < -0.3 is 4.90 Å². The summed E-state index contributed by atoms with van der Waals surface area (Å²) in [6, 6.07) is 0.370. The van der Waals surface area contributed by atoms with Crippen LogP contribution >= 0.6 is 24.4 Å². The van der Waals surface area contributed by atoms with E-state index in [9.17, 15) is 4.79 Å². The smallest absolute Gasteiger partial charge is 0.221 e. The molecule has 0 unspecified atom stereocenters. The third-order valence-corrected chi connectivity index (χ3v) is 3.90. The van der Waals surface area contributed by atoms with Crippen LogP contribution in [0.3, 0.4) is 0 Å². The van der Waals surface area contributed by atoms with Gasteiger partial charge >= 0.3 is 0 Å². The lowest BCUT2D eigenvalue weighted by molar-refractivity contribution is -0.130. The van der Waals surface area contributed by atoms with Crippen LogP contribution in [0.15, 0.2) is 0 Å². The second-order valence-corrected chi connectivity index (χ2v) is 5.35. The summed E-state index contributed by atoms with van der Waals surface area (Å²) in [5.41, 5.74) is 0. The van der Waals surface area contributed by atoms with E-state index in [0.29, 0.717) is 12.0 Å². The molecule has 1 aliphatic rings. The first-order valence-corrected chi connectivity index (χ1v) is 5.69. The molecule has 1 fully saturated rings. The van der Waals surface area contributed by atoms with Crippen molar-refractivity contribution in [2.24, 2.45) is 5.92 Å². The van der Waals surface area contributed by atoms with Crippen LogP contribution in [0, 0.1) is 5.92 Å². The maximum atomic E-state index is 11.2. The van der Waals surface area contributed by atoms with Crippen LogP contribution in [-0.4, -0.2) is 27.3 Å². The highest BCUT2D eigenvalue weighted by atomic mass is 32.2. The summed E-state index contributed by atoms with van der Waals surface area (Å²) < 4.78 is 0.0647. The molecular formula is C8H15NOS2.